The molecule has 0 aliphatic rings. The van der Waals surface area contributed by atoms with Crippen LogP contribution in [0.25, 0.3) is 0 Å². The van der Waals surface area contributed by atoms with E-state index in [0.717, 1.165) is 30.0 Å². The van der Waals surface area contributed by atoms with Crippen molar-refractivity contribution in [1.29, 1.82) is 0 Å². The van der Waals surface area contributed by atoms with Gasteiger partial charge in [-0.2, -0.15) is 0 Å². The fraction of sp³-hybridized carbons (Fsp3) is 0.200. The van der Waals surface area contributed by atoms with Crippen LogP contribution in [0.5, 0.6) is 0 Å². The predicted molar refractivity (Wildman–Crippen MR) is 78.5 cm³/mol. The SMILES string of the molecule is Cc1cccc(CNCc2ccc(C(N)=NO)cc2)n1. The quantitative estimate of drug-likeness (QED) is 0.335. The van der Waals surface area contributed by atoms with Crippen LogP contribution in [0, 0.1) is 6.92 Å². The molecule has 0 spiro atoms. The highest BCUT2D eigenvalue weighted by Gasteiger charge is 2.00. The molecule has 0 aliphatic carbocycles. The number of hydrogen-bond donors (Lipinski definition) is 3. The summed E-state index contributed by atoms with van der Waals surface area (Å²) in [4.78, 5) is 4.43. The van der Waals surface area contributed by atoms with Crippen LogP contribution in [-0.4, -0.2) is 16.0 Å². The summed E-state index contributed by atoms with van der Waals surface area (Å²) in [5.41, 5.74) is 9.39. The van der Waals surface area contributed by atoms with Crippen molar-refractivity contribution >= 4 is 5.84 Å². The van der Waals surface area contributed by atoms with Gasteiger partial charge in [-0.3, -0.25) is 4.98 Å². The zero-order chi connectivity index (χ0) is 14.4. The van der Waals surface area contributed by atoms with E-state index >= 15 is 0 Å². The first-order chi connectivity index (χ1) is 9.69. The molecule has 1 aromatic heterocycles. The molecule has 2 rings (SSSR count). The lowest BCUT2D eigenvalue weighted by Gasteiger charge is -2.06. The fourth-order valence-electron chi connectivity index (χ4n) is 1.88. The lowest BCUT2D eigenvalue weighted by atomic mass is 10.1. The second-order valence-electron chi connectivity index (χ2n) is 4.56. The molecule has 5 nitrogen and oxygen atoms in total. The van der Waals surface area contributed by atoms with Gasteiger partial charge in [0, 0.05) is 24.3 Å². The van der Waals surface area contributed by atoms with Gasteiger partial charge in [0.15, 0.2) is 5.84 Å². The number of aromatic nitrogens is 1. The summed E-state index contributed by atoms with van der Waals surface area (Å²) in [6.45, 7) is 3.45. The third-order valence-corrected chi connectivity index (χ3v) is 2.94. The molecule has 0 radical (unpaired) electrons. The first-order valence-corrected chi connectivity index (χ1v) is 6.39. The third-order valence-electron chi connectivity index (χ3n) is 2.94. The van der Waals surface area contributed by atoms with Crippen LogP contribution in [0.3, 0.4) is 0 Å². The van der Waals surface area contributed by atoms with Gasteiger partial charge in [0.1, 0.15) is 0 Å². The first-order valence-electron chi connectivity index (χ1n) is 6.39. The standard InChI is InChI=1S/C15H18N4O/c1-11-3-2-4-14(18-11)10-17-9-12-5-7-13(8-6-12)15(16)19-20/h2-8,17,20H,9-10H2,1H3,(H2,16,19). The van der Waals surface area contributed by atoms with Crippen molar-refractivity contribution in [2.75, 3.05) is 0 Å². The number of rotatable bonds is 5. The minimum absolute atomic E-state index is 0.119. The van der Waals surface area contributed by atoms with E-state index in [1.165, 1.54) is 0 Å². The number of nitrogens with zero attached hydrogens (tertiary/aromatic N) is 2. The van der Waals surface area contributed by atoms with Gasteiger partial charge in [-0.05, 0) is 24.6 Å². The maximum atomic E-state index is 8.59. The summed E-state index contributed by atoms with van der Waals surface area (Å²) in [5, 5.41) is 14.9. The largest absolute Gasteiger partial charge is 0.409 e. The average Bonchev–Trinajstić information content (AvgIpc) is 2.47. The van der Waals surface area contributed by atoms with Crippen molar-refractivity contribution in [1.82, 2.24) is 10.3 Å². The Balaban J connectivity index is 1.88. The van der Waals surface area contributed by atoms with E-state index in [2.05, 4.69) is 15.5 Å². The van der Waals surface area contributed by atoms with E-state index in [1.54, 1.807) is 0 Å². The maximum absolute atomic E-state index is 8.59. The van der Waals surface area contributed by atoms with Gasteiger partial charge < -0.3 is 16.3 Å². The minimum atomic E-state index is 0.119. The summed E-state index contributed by atoms with van der Waals surface area (Å²) in [6, 6.07) is 13.5. The molecule has 0 amide bonds. The molecule has 20 heavy (non-hydrogen) atoms. The Labute approximate surface area is 118 Å². The molecule has 0 aliphatic heterocycles. The number of oxime groups is 1. The molecule has 0 atom stereocenters. The van der Waals surface area contributed by atoms with Gasteiger partial charge in [0.25, 0.3) is 0 Å². The van der Waals surface area contributed by atoms with Gasteiger partial charge in [0.05, 0.1) is 5.69 Å². The molecule has 104 valence electrons. The molecule has 0 saturated carbocycles. The van der Waals surface area contributed by atoms with Crippen molar-refractivity contribution < 1.29 is 5.21 Å². The Morgan fingerprint density at radius 2 is 1.95 bits per heavy atom. The maximum Gasteiger partial charge on any atom is 0.170 e. The van der Waals surface area contributed by atoms with E-state index in [9.17, 15) is 0 Å². The summed E-state index contributed by atoms with van der Waals surface area (Å²) in [7, 11) is 0. The number of nitrogens with two attached hydrogens (primary N) is 1. The molecule has 1 aromatic carbocycles. The van der Waals surface area contributed by atoms with Gasteiger partial charge >= 0.3 is 0 Å². The highest BCUT2D eigenvalue weighted by atomic mass is 16.4. The van der Waals surface area contributed by atoms with Crippen LogP contribution in [0.2, 0.25) is 0 Å². The Hall–Kier alpha value is -2.40. The topological polar surface area (TPSA) is 83.5 Å². The van der Waals surface area contributed by atoms with Crippen molar-refractivity contribution in [3.8, 4) is 0 Å². The third kappa shape index (κ3) is 3.80. The molecule has 0 fully saturated rings. The Morgan fingerprint density at radius 3 is 2.60 bits per heavy atom. The zero-order valence-corrected chi connectivity index (χ0v) is 11.4. The molecule has 0 bridgehead atoms. The number of benzene rings is 1. The molecule has 2 aromatic rings. The average molecular weight is 270 g/mol. The zero-order valence-electron chi connectivity index (χ0n) is 11.4. The highest BCUT2D eigenvalue weighted by Crippen LogP contribution is 2.05. The van der Waals surface area contributed by atoms with E-state index in [0.29, 0.717) is 5.56 Å². The molecule has 0 unspecified atom stereocenters. The van der Waals surface area contributed by atoms with Gasteiger partial charge in [-0.25, -0.2) is 0 Å². The lowest BCUT2D eigenvalue weighted by molar-refractivity contribution is 0.318. The van der Waals surface area contributed by atoms with E-state index < -0.39 is 0 Å². The second-order valence-corrected chi connectivity index (χ2v) is 4.56. The molecular formula is C15H18N4O. The number of hydrogen-bond acceptors (Lipinski definition) is 4. The van der Waals surface area contributed by atoms with Crippen molar-refractivity contribution in [2.45, 2.75) is 20.0 Å². The van der Waals surface area contributed by atoms with Crippen LogP contribution in [0.15, 0.2) is 47.6 Å². The van der Waals surface area contributed by atoms with E-state index in [4.69, 9.17) is 10.9 Å². The summed E-state index contributed by atoms with van der Waals surface area (Å²) in [5.74, 6) is 0.119. The summed E-state index contributed by atoms with van der Waals surface area (Å²) >= 11 is 0. The molecule has 1 heterocycles. The smallest absolute Gasteiger partial charge is 0.170 e. The summed E-state index contributed by atoms with van der Waals surface area (Å²) in [6.07, 6.45) is 0. The van der Waals surface area contributed by atoms with E-state index in [1.807, 2.05) is 49.4 Å². The Morgan fingerprint density at radius 1 is 1.20 bits per heavy atom. The monoisotopic (exact) mass is 270 g/mol. The van der Waals surface area contributed by atoms with Gasteiger partial charge in [-0.1, -0.05) is 35.5 Å². The molecular weight excluding hydrogens is 252 g/mol. The number of nitrogens with one attached hydrogen (secondary N) is 1. The van der Waals surface area contributed by atoms with Crippen molar-refractivity contribution in [3.63, 3.8) is 0 Å². The van der Waals surface area contributed by atoms with Crippen LogP contribution in [-0.2, 0) is 13.1 Å². The lowest BCUT2D eigenvalue weighted by Crippen LogP contribution is -2.15. The molecule has 5 heteroatoms. The molecule has 4 N–H and O–H groups in total. The Kier molecular flexibility index (Phi) is 4.68. The normalized spacial score (nSPS) is 11.6. The van der Waals surface area contributed by atoms with Crippen LogP contribution < -0.4 is 11.1 Å². The van der Waals surface area contributed by atoms with E-state index in [-0.39, 0.29) is 5.84 Å². The van der Waals surface area contributed by atoms with Crippen LogP contribution >= 0.6 is 0 Å². The van der Waals surface area contributed by atoms with Gasteiger partial charge in [-0.15, -0.1) is 0 Å². The van der Waals surface area contributed by atoms with Crippen molar-refractivity contribution in [2.24, 2.45) is 10.9 Å². The summed E-state index contributed by atoms with van der Waals surface area (Å²) < 4.78 is 0. The highest BCUT2D eigenvalue weighted by molar-refractivity contribution is 5.96. The van der Waals surface area contributed by atoms with Crippen LogP contribution in [0.4, 0.5) is 0 Å². The minimum Gasteiger partial charge on any atom is -0.409 e. The fourth-order valence-corrected chi connectivity index (χ4v) is 1.88. The van der Waals surface area contributed by atoms with Crippen LogP contribution in [0.1, 0.15) is 22.5 Å². The number of aryl methyl sites for hydroxylation is 1. The molecule has 0 saturated heterocycles. The first kappa shape index (κ1) is 14.0. The van der Waals surface area contributed by atoms with Gasteiger partial charge in [0.2, 0.25) is 0 Å². The van der Waals surface area contributed by atoms with Crippen molar-refractivity contribution in [3.05, 3.63) is 65.0 Å². The number of amidine groups is 1. The number of pyridine rings is 1. The second kappa shape index (κ2) is 6.68. The Bertz CT molecular complexity index is 593. The predicted octanol–water partition coefficient (Wildman–Crippen LogP) is 1.77.